The van der Waals surface area contributed by atoms with E-state index in [1.54, 1.807) is 0 Å². The summed E-state index contributed by atoms with van der Waals surface area (Å²) < 4.78 is 6.23. The third-order valence-corrected chi connectivity index (χ3v) is 7.77. The van der Waals surface area contributed by atoms with Gasteiger partial charge >= 0.3 is 0 Å². The number of hydrogen-bond donors (Lipinski definition) is 1. The lowest BCUT2D eigenvalue weighted by Gasteiger charge is -2.65. The molecule has 4 aliphatic rings. The fourth-order valence-electron chi connectivity index (χ4n) is 7.56. The third-order valence-electron chi connectivity index (χ3n) is 7.77. The average Bonchev–Trinajstić information content (AvgIpc) is 2.64. The highest BCUT2D eigenvalue weighted by molar-refractivity contribution is 5.34. The molecule has 2 nitrogen and oxygen atoms in total. The number of ether oxygens (including phenoxy) is 1. The van der Waals surface area contributed by atoms with Gasteiger partial charge in [0.1, 0.15) is 12.4 Å². The summed E-state index contributed by atoms with van der Waals surface area (Å²) in [6.45, 7) is 8.75. The first-order valence-electron chi connectivity index (χ1n) is 11.4. The molecule has 6 rings (SSSR count). The van der Waals surface area contributed by atoms with E-state index in [4.69, 9.17) is 4.74 Å². The van der Waals surface area contributed by atoms with Crippen molar-refractivity contribution < 1.29 is 4.74 Å². The zero-order chi connectivity index (χ0) is 20.1. The van der Waals surface area contributed by atoms with Gasteiger partial charge in [0.15, 0.2) is 0 Å². The Kier molecular flexibility index (Phi) is 4.55. The van der Waals surface area contributed by atoms with Crippen LogP contribution in [-0.4, -0.2) is 5.54 Å². The Morgan fingerprint density at radius 3 is 2.28 bits per heavy atom. The van der Waals surface area contributed by atoms with Gasteiger partial charge in [-0.1, -0.05) is 61.9 Å². The van der Waals surface area contributed by atoms with Crippen LogP contribution in [0.15, 0.2) is 48.5 Å². The van der Waals surface area contributed by atoms with Gasteiger partial charge < -0.3 is 10.1 Å². The van der Waals surface area contributed by atoms with Crippen LogP contribution in [-0.2, 0) is 13.2 Å². The Balaban J connectivity index is 1.28. The van der Waals surface area contributed by atoms with Crippen LogP contribution in [0.4, 0.5) is 0 Å². The summed E-state index contributed by atoms with van der Waals surface area (Å²) in [5.41, 5.74) is 5.21. The lowest BCUT2D eigenvalue weighted by molar-refractivity contribution is -0.118. The summed E-state index contributed by atoms with van der Waals surface area (Å²) >= 11 is 0. The van der Waals surface area contributed by atoms with Crippen molar-refractivity contribution >= 4 is 0 Å². The Morgan fingerprint density at radius 1 is 0.897 bits per heavy atom. The second kappa shape index (κ2) is 6.87. The maximum Gasteiger partial charge on any atom is 0.124 e. The van der Waals surface area contributed by atoms with E-state index in [-0.39, 0.29) is 0 Å². The Morgan fingerprint density at radius 2 is 1.59 bits per heavy atom. The molecule has 29 heavy (non-hydrogen) atoms. The Bertz CT molecular complexity index is 868. The first-order valence-corrected chi connectivity index (χ1v) is 11.4. The largest absolute Gasteiger partial charge is 0.489 e. The summed E-state index contributed by atoms with van der Waals surface area (Å²) in [4.78, 5) is 0. The van der Waals surface area contributed by atoms with Crippen molar-refractivity contribution in [2.24, 2.45) is 16.7 Å². The highest BCUT2D eigenvalue weighted by Crippen LogP contribution is 2.66. The minimum absolute atomic E-state index is 0.326. The molecule has 0 saturated heterocycles. The topological polar surface area (TPSA) is 21.3 Å². The molecule has 0 radical (unpaired) electrons. The lowest BCUT2D eigenvalue weighted by atomic mass is 9.43. The third kappa shape index (κ3) is 3.84. The van der Waals surface area contributed by atoms with Gasteiger partial charge in [-0.05, 0) is 73.8 Å². The molecule has 2 heteroatoms. The minimum Gasteiger partial charge on any atom is -0.489 e. The van der Waals surface area contributed by atoms with Gasteiger partial charge in [-0.2, -0.15) is 0 Å². The summed E-state index contributed by atoms with van der Waals surface area (Å²) in [7, 11) is 0. The predicted octanol–water partition coefficient (Wildman–Crippen LogP) is 6.41. The van der Waals surface area contributed by atoms with Gasteiger partial charge in [0.2, 0.25) is 0 Å². The quantitative estimate of drug-likeness (QED) is 0.616. The smallest absolute Gasteiger partial charge is 0.124 e. The maximum atomic E-state index is 6.23. The van der Waals surface area contributed by atoms with Gasteiger partial charge in [0.25, 0.3) is 0 Å². The molecule has 0 amide bonds. The second-order valence-corrected chi connectivity index (χ2v) is 11.1. The molecule has 154 valence electrons. The van der Waals surface area contributed by atoms with Crippen LogP contribution in [0.25, 0.3) is 0 Å². The molecule has 2 aromatic carbocycles. The fourth-order valence-corrected chi connectivity index (χ4v) is 7.56. The number of aryl methyl sites for hydroxylation is 1. The molecule has 0 aliphatic heterocycles. The van der Waals surface area contributed by atoms with E-state index in [1.165, 1.54) is 55.2 Å². The molecule has 0 aromatic heterocycles. The van der Waals surface area contributed by atoms with Gasteiger partial charge in [0.05, 0.1) is 0 Å². The van der Waals surface area contributed by atoms with Gasteiger partial charge in [0, 0.05) is 17.6 Å². The number of rotatable bonds is 6. The van der Waals surface area contributed by atoms with E-state index in [0.29, 0.717) is 23.0 Å². The standard InChI is InChI=1S/C27H35NO/c1-20-8-10-21(11-9-20)16-29-24-7-5-4-6-23(24)15-28-27-14-22-12-25(2,18-27)17-26(3,13-22)19-27/h4-11,22,28H,12-19H2,1-3H3. The van der Waals surface area contributed by atoms with E-state index >= 15 is 0 Å². The van der Waals surface area contributed by atoms with Crippen molar-refractivity contribution in [3.63, 3.8) is 0 Å². The molecule has 2 atom stereocenters. The summed E-state index contributed by atoms with van der Waals surface area (Å²) in [6, 6.07) is 17.2. The molecule has 1 N–H and O–H groups in total. The minimum atomic E-state index is 0.326. The highest BCUT2D eigenvalue weighted by Gasteiger charge is 2.59. The van der Waals surface area contributed by atoms with Crippen LogP contribution < -0.4 is 10.1 Å². The molecule has 2 unspecified atom stereocenters. The number of hydrogen-bond acceptors (Lipinski definition) is 2. The van der Waals surface area contributed by atoms with Crippen molar-refractivity contribution in [3.05, 3.63) is 65.2 Å². The lowest BCUT2D eigenvalue weighted by Crippen LogP contribution is -2.63. The van der Waals surface area contributed by atoms with E-state index in [2.05, 4.69) is 74.6 Å². The molecule has 4 fully saturated rings. The first-order chi connectivity index (χ1) is 13.8. The monoisotopic (exact) mass is 389 g/mol. The fraction of sp³-hybridized carbons (Fsp3) is 0.556. The van der Waals surface area contributed by atoms with Crippen molar-refractivity contribution in [2.75, 3.05) is 0 Å². The van der Waals surface area contributed by atoms with Crippen molar-refractivity contribution in [2.45, 2.75) is 78.0 Å². The average molecular weight is 390 g/mol. The zero-order valence-corrected chi connectivity index (χ0v) is 18.3. The van der Waals surface area contributed by atoms with Crippen LogP contribution in [0.2, 0.25) is 0 Å². The van der Waals surface area contributed by atoms with Gasteiger partial charge in [-0.15, -0.1) is 0 Å². The Labute approximate surface area is 176 Å². The van der Waals surface area contributed by atoms with Crippen LogP contribution in [0, 0.1) is 23.7 Å². The molecule has 0 heterocycles. The van der Waals surface area contributed by atoms with Crippen molar-refractivity contribution in [1.82, 2.24) is 5.32 Å². The number of nitrogens with one attached hydrogen (secondary N) is 1. The van der Waals surface area contributed by atoms with Gasteiger partial charge in [-0.3, -0.25) is 0 Å². The van der Waals surface area contributed by atoms with E-state index < -0.39 is 0 Å². The SMILES string of the molecule is Cc1ccc(COc2ccccc2CNC23CC4CC(C)(CC(C)(C4)C2)C3)cc1. The van der Waals surface area contributed by atoms with Crippen molar-refractivity contribution in [3.8, 4) is 5.75 Å². The Hall–Kier alpha value is -1.80. The first kappa shape index (κ1) is 19.2. The van der Waals surface area contributed by atoms with E-state index in [0.717, 1.165) is 18.2 Å². The van der Waals surface area contributed by atoms with E-state index in [9.17, 15) is 0 Å². The molecule has 0 spiro atoms. The molecular formula is C27H35NO. The molecule has 4 saturated carbocycles. The molecule has 4 aliphatic carbocycles. The maximum absolute atomic E-state index is 6.23. The van der Waals surface area contributed by atoms with Gasteiger partial charge in [-0.25, -0.2) is 0 Å². The summed E-state index contributed by atoms with van der Waals surface area (Å²) in [5.74, 6) is 1.93. The van der Waals surface area contributed by atoms with E-state index in [1.807, 2.05) is 0 Å². The van der Waals surface area contributed by atoms with Crippen molar-refractivity contribution in [1.29, 1.82) is 0 Å². The molecule has 2 aromatic rings. The summed E-state index contributed by atoms with van der Waals surface area (Å²) in [6.07, 6.45) is 8.38. The summed E-state index contributed by atoms with van der Waals surface area (Å²) in [5, 5.41) is 4.06. The second-order valence-electron chi connectivity index (χ2n) is 11.1. The predicted molar refractivity (Wildman–Crippen MR) is 119 cm³/mol. The van der Waals surface area contributed by atoms with Crippen LogP contribution in [0.1, 0.15) is 69.1 Å². The number of para-hydroxylation sites is 1. The number of benzene rings is 2. The zero-order valence-electron chi connectivity index (χ0n) is 18.3. The molecular weight excluding hydrogens is 354 g/mol. The van der Waals surface area contributed by atoms with Crippen LogP contribution in [0.5, 0.6) is 5.75 Å². The van der Waals surface area contributed by atoms with Crippen LogP contribution in [0.3, 0.4) is 0 Å². The molecule has 4 bridgehead atoms. The van der Waals surface area contributed by atoms with Crippen LogP contribution >= 0.6 is 0 Å². The normalized spacial score (nSPS) is 35.1. The highest BCUT2D eigenvalue weighted by atomic mass is 16.5.